The standard InChI is InChI=1S/C19H23N3O2/c1-19(2,3)24-18(23)22-16-12-9-8-11(10-12)15(16)17-20-13-6-4-5-7-14(13)21-17/h4-9,11-12,15-16H,10H2,1-3H3,(H,20,21)(H,22,23)/t11-,12+,15+,16-/m1/s1. The molecule has 5 nitrogen and oxygen atoms in total. The average Bonchev–Trinajstić information content (AvgIpc) is 3.18. The highest BCUT2D eigenvalue weighted by molar-refractivity contribution is 5.75. The summed E-state index contributed by atoms with van der Waals surface area (Å²) < 4.78 is 5.45. The van der Waals surface area contributed by atoms with E-state index in [-0.39, 0.29) is 18.1 Å². The number of nitrogens with one attached hydrogen (secondary N) is 2. The average molecular weight is 325 g/mol. The van der Waals surface area contributed by atoms with Crippen molar-refractivity contribution in [2.75, 3.05) is 0 Å². The van der Waals surface area contributed by atoms with Gasteiger partial charge in [-0.25, -0.2) is 9.78 Å². The van der Waals surface area contributed by atoms with Crippen LogP contribution in [0.5, 0.6) is 0 Å². The molecule has 2 aliphatic carbocycles. The third-order valence-electron chi connectivity index (χ3n) is 4.87. The summed E-state index contributed by atoms with van der Waals surface area (Å²) in [5.41, 5.74) is 1.51. The number of carbonyl (C=O) groups is 1. The molecule has 1 aromatic carbocycles. The van der Waals surface area contributed by atoms with E-state index in [9.17, 15) is 4.79 Å². The quantitative estimate of drug-likeness (QED) is 0.827. The molecule has 2 aromatic rings. The van der Waals surface area contributed by atoms with Crippen molar-refractivity contribution < 1.29 is 9.53 Å². The third kappa shape index (κ3) is 2.68. The molecule has 5 heteroatoms. The predicted molar refractivity (Wildman–Crippen MR) is 92.7 cm³/mol. The first-order valence-corrected chi connectivity index (χ1v) is 8.53. The number of para-hydroxylation sites is 2. The van der Waals surface area contributed by atoms with E-state index in [0.29, 0.717) is 11.8 Å². The number of imidazole rings is 1. The number of aromatic amines is 1. The zero-order chi connectivity index (χ0) is 16.9. The second-order valence-electron chi connectivity index (χ2n) is 7.79. The number of nitrogens with zero attached hydrogens (tertiary/aromatic N) is 1. The normalized spacial score (nSPS) is 28.5. The van der Waals surface area contributed by atoms with Crippen molar-refractivity contribution >= 4 is 17.1 Å². The van der Waals surface area contributed by atoms with Crippen molar-refractivity contribution in [3.05, 3.63) is 42.2 Å². The molecule has 0 radical (unpaired) electrons. The monoisotopic (exact) mass is 325 g/mol. The maximum absolute atomic E-state index is 12.3. The van der Waals surface area contributed by atoms with Crippen LogP contribution in [-0.2, 0) is 4.74 Å². The predicted octanol–water partition coefficient (Wildman–Crippen LogP) is 3.75. The molecule has 2 bridgehead atoms. The fraction of sp³-hybridized carbons (Fsp3) is 0.474. The number of amides is 1. The largest absolute Gasteiger partial charge is 0.444 e. The Hall–Kier alpha value is -2.30. The van der Waals surface area contributed by atoms with Crippen LogP contribution in [0.4, 0.5) is 4.79 Å². The Labute approximate surface area is 141 Å². The van der Waals surface area contributed by atoms with Gasteiger partial charge in [0.25, 0.3) is 0 Å². The van der Waals surface area contributed by atoms with Gasteiger partial charge in [-0.1, -0.05) is 24.3 Å². The number of rotatable bonds is 2. The van der Waals surface area contributed by atoms with E-state index < -0.39 is 5.60 Å². The van der Waals surface area contributed by atoms with Gasteiger partial charge in [0.15, 0.2) is 0 Å². The summed E-state index contributed by atoms with van der Waals surface area (Å²) in [6.07, 6.45) is 5.18. The van der Waals surface area contributed by atoms with Gasteiger partial charge in [0.2, 0.25) is 0 Å². The zero-order valence-corrected chi connectivity index (χ0v) is 14.2. The van der Waals surface area contributed by atoms with E-state index in [1.165, 1.54) is 0 Å². The molecular formula is C19H23N3O2. The molecule has 2 aliphatic rings. The van der Waals surface area contributed by atoms with Gasteiger partial charge in [0.1, 0.15) is 11.4 Å². The summed E-state index contributed by atoms with van der Waals surface area (Å²) in [7, 11) is 0. The molecule has 2 N–H and O–H groups in total. The van der Waals surface area contributed by atoms with Crippen molar-refractivity contribution in [3.8, 4) is 0 Å². The Morgan fingerprint density at radius 2 is 2.00 bits per heavy atom. The van der Waals surface area contributed by atoms with Gasteiger partial charge in [-0.2, -0.15) is 0 Å². The number of alkyl carbamates (subject to hydrolysis) is 1. The molecule has 4 rings (SSSR count). The lowest BCUT2D eigenvalue weighted by molar-refractivity contribution is 0.0490. The number of aromatic nitrogens is 2. The number of allylic oxidation sites excluding steroid dienone is 1. The molecule has 1 saturated carbocycles. The van der Waals surface area contributed by atoms with Crippen LogP contribution in [0.3, 0.4) is 0 Å². The minimum absolute atomic E-state index is 0.0235. The molecule has 0 aliphatic heterocycles. The van der Waals surface area contributed by atoms with Crippen LogP contribution in [0.1, 0.15) is 38.9 Å². The highest BCUT2D eigenvalue weighted by atomic mass is 16.6. The summed E-state index contributed by atoms with van der Waals surface area (Å²) in [5.74, 6) is 1.88. The fourth-order valence-corrected chi connectivity index (χ4v) is 3.97. The first-order chi connectivity index (χ1) is 11.4. The summed E-state index contributed by atoms with van der Waals surface area (Å²) in [5, 5.41) is 3.09. The van der Waals surface area contributed by atoms with E-state index in [1.807, 2.05) is 45.0 Å². The molecule has 4 atom stereocenters. The van der Waals surface area contributed by atoms with Crippen molar-refractivity contribution in [1.29, 1.82) is 0 Å². The highest BCUT2D eigenvalue weighted by Crippen LogP contribution is 2.48. The van der Waals surface area contributed by atoms with Gasteiger partial charge in [0.05, 0.1) is 11.0 Å². The van der Waals surface area contributed by atoms with E-state index >= 15 is 0 Å². The maximum Gasteiger partial charge on any atom is 0.407 e. The second kappa shape index (κ2) is 5.36. The minimum atomic E-state index is -0.494. The third-order valence-corrected chi connectivity index (χ3v) is 4.87. The van der Waals surface area contributed by atoms with Gasteiger partial charge in [-0.05, 0) is 51.2 Å². The molecule has 1 heterocycles. The Bertz CT molecular complexity index is 769. The SMILES string of the molecule is CC(C)(C)OC(=O)N[C@H]1[C@@H](c2nc3ccccc3[nH]2)[C@@H]2C=C[C@H]1C2. The molecule has 24 heavy (non-hydrogen) atoms. The lowest BCUT2D eigenvalue weighted by atomic mass is 9.88. The summed E-state index contributed by atoms with van der Waals surface area (Å²) in [4.78, 5) is 20.5. The summed E-state index contributed by atoms with van der Waals surface area (Å²) >= 11 is 0. The first kappa shape index (κ1) is 15.2. The van der Waals surface area contributed by atoms with Crippen LogP contribution in [0.2, 0.25) is 0 Å². The van der Waals surface area contributed by atoms with Gasteiger partial charge in [-0.3, -0.25) is 0 Å². The molecular weight excluding hydrogens is 302 g/mol. The first-order valence-electron chi connectivity index (χ1n) is 8.53. The molecule has 1 aromatic heterocycles. The lowest BCUT2D eigenvalue weighted by Gasteiger charge is -2.29. The molecule has 1 amide bonds. The van der Waals surface area contributed by atoms with Crippen molar-refractivity contribution in [3.63, 3.8) is 0 Å². The molecule has 0 spiro atoms. The van der Waals surface area contributed by atoms with Crippen LogP contribution < -0.4 is 5.32 Å². The Morgan fingerprint density at radius 1 is 1.25 bits per heavy atom. The maximum atomic E-state index is 12.3. The molecule has 0 unspecified atom stereocenters. The van der Waals surface area contributed by atoms with Gasteiger partial charge in [0, 0.05) is 12.0 Å². The Balaban J connectivity index is 1.61. The molecule has 0 saturated heterocycles. The summed E-state index contributed by atoms with van der Waals surface area (Å²) in [6.45, 7) is 5.64. The molecule has 1 fully saturated rings. The number of fused-ring (bicyclic) bond motifs is 3. The van der Waals surface area contributed by atoms with Crippen LogP contribution in [0.25, 0.3) is 11.0 Å². The van der Waals surface area contributed by atoms with E-state index in [4.69, 9.17) is 9.72 Å². The van der Waals surface area contributed by atoms with Crippen LogP contribution in [0.15, 0.2) is 36.4 Å². The number of carbonyl (C=O) groups excluding carboxylic acids is 1. The van der Waals surface area contributed by atoms with Gasteiger partial charge < -0.3 is 15.0 Å². The zero-order valence-electron chi connectivity index (χ0n) is 14.2. The van der Waals surface area contributed by atoms with E-state index in [0.717, 1.165) is 23.3 Å². The fourth-order valence-electron chi connectivity index (χ4n) is 3.97. The van der Waals surface area contributed by atoms with Crippen molar-refractivity contribution in [2.24, 2.45) is 11.8 Å². The topological polar surface area (TPSA) is 67.0 Å². The van der Waals surface area contributed by atoms with Crippen LogP contribution in [-0.4, -0.2) is 27.7 Å². The highest BCUT2D eigenvalue weighted by Gasteiger charge is 2.47. The lowest BCUT2D eigenvalue weighted by Crippen LogP contribution is -2.44. The second-order valence-corrected chi connectivity index (χ2v) is 7.79. The van der Waals surface area contributed by atoms with Crippen LogP contribution in [0, 0.1) is 11.8 Å². The number of benzene rings is 1. The summed E-state index contributed by atoms with van der Waals surface area (Å²) in [6, 6.07) is 8.06. The number of hydrogen-bond acceptors (Lipinski definition) is 3. The van der Waals surface area contributed by atoms with Crippen molar-refractivity contribution in [2.45, 2.75) is 44.8 Å². The van der Waals surface area contributed by atoms with Gasteiger partial charge in [-0.15, -0.1) is 0 Å². The van der Waals surface area contributed by atoms with Crippen LogP contribution >= 0.6 is 0 Å². The minimum Gasteiger partial charge on any atom is -0.444 e. The van der Waals surface area contributed by atoms with E-state index in [1.54, 1.807) is 0 Å². The van der Waals surface area contributed by atoms with E-state index in [2.05, 4.69) is 22.5 Å². The van der Waals surface area contributed by atoms with Crippen molar-refractivity contribution in [1.82, 2.24) is 15.3 Å². The number of hydrogen-bond donors (Lipinski definition) is 2. The Morgan fingerprint density at radius 3 is 2.75 bits per heavy atom. The number of ether oxygens (including phenoxy) is 1. The Kier molecular flexibility index (Phi) is 3.41. The molecule has 126 valence electrons. The smallest absolute Gasteiger partial charge is 0.407 e. The van der Waals surface area contributed by atoms with Gasteiger partial charge >= 0.3 is 6.09 Å². The number of H-pyrrole nitrogens is 1.